The smallest absolute Gasteiger partial charge is 0.187 e. The Balaban J connectivity index is 1.86. The molecule has 4 nitrogen and oxygen atoms in total. The van der Waals surface area contributed by atoms with Crippen LogP contribution in [0.25, 0.3) is 11.4 Å². The van der Waals surface area contributed by atoms with Crippen LogP contribution in [-0.4, -0.2) is 9.97 Å². The number of nitrogen functional groups attached to an aromatic ring is 1. The molecule has 0 radical (unpaired) electrons. The SMILES string of the molecule is Cc1ccc(N)cc1Nc1nc(-c2ccccn2)cs1. The zero-order chi connectivity index (χ0) is 13.9. The van der Waals surface area contributed by atoms with Gasteiger partial charge in [-0.05, 0) is 36.8 Å². The van der Waals surface area contributed by atoms with Gasteiger partial charge >= 0.3 is 0 Å². The fourth-order valence-corrected chi connectivity index (χ4v) is 2.57. The highest BCUT2D eigenvalue weighted by Gasteiger charge is 2.06. The number of hydrogen-bond acceptors (Lipinski definition) is 5. The Hall–Kier alpha value is -2.40. The number of aromatic nitrogens is 2. The van der Waals surface area contributed by atoms with E-state index in [1.54, 1.807) is 17.5 Å². The maximum atomic E-state index is 5.81. The summed E-state index contributed by atoms with van der Waals surface area (Å²) in [6.45, 7) is 2.04. The number of hydrogen-bond donors (Lipinski definition) is 2. The van der Waals surface area contributed by atoms with Gasteiger partial charge < -0.3 is 11.1 Å². The molecule has 3 aromatic rings. The van der Waals surface area contributed by atoms with Gasteiger partial charge in [0, 0.05) is 23.0 Å². The van der Waals surface area contributed by atoms with E-state index < -0.39 is 0 Å². The third kappa shape index (κ3) is 2.62. The number of thiazole rings is 1. The molecular formula is C15H14N4S. The summed E-state index contributed by atoms with van der Waals surface area (Å²) in [4.78, 5) is 8.85. The minimum Gasteiger partial charge on any atom is -0.399 e. The van der Waals surface area contributed by atoms with Gasteiger partial charge in [0.25, 0.3) is 0 Å². The molecule has 2 aromatic heterocycles. The summed E-state index contributed by atoms with van der Waals surface area (Å²) in [7, 11) is 0. The minimum absolute atomic E-state index is 0.736. The fourth-order valence-electron chi connectivity index (χ4n) is 1.85. The first kappa shape index (κ1) is 12.6. The molecule has 5 heteroatoms. The van der Waals surface area contributed by atoms with E-state index in [2.05, 4.69) is 15.3 Å². The molecule has 0 aliphatic rings. The van der Waals surface area contributed by atoms with Crippen molar-refractivity contribution in [2.24, 2.45) is 0 Å². The van der Waals surface area contributed by atoms with Crippen molar-refractivity contribution in [1.29, 1.82) is 0 Å². The molecule has 100 valence electrons. The summed E-state index contributed by atoms with van der Waals surface area (Å²) in [5.41, 5.74) is 10.4. The highest BCUT2D eigenvalue weighted by Crippen LogP contribution is 2.28. The Labute approximate surface area is 121 Å². The monoisotopic (exact) mass is 282 g/mol. The molecule has 0 unspecified atom stereocenters. The number of nitrogens with zero attached hydrogens (tertiary/aromatic N) is 2. The zero-order valence-corrected chi connectivity index (χ0v) is 11.8. The van der Waals surface area contributed by atoms with Crippen LogP contribution in [0.1, 0.15) is 5.56 Å². The number of pyridine rings is 1. The predicted molar refractivity (Wildman–Crippen MR) is 84.2 cm³/mol. The second-order valence-electron chi connectivity index (χ2n) is 4.45. The van der Waals surface area contributed by atoms with Crippen LogP contribution in [0.2, 0.25) is 0 Å². The van der Waals surface area contributed by atoms with Crippen LogP contribution in [0.15, 0.2) is 48.0 Å². The standard InChI is InChI=1S/C15H14N4S/c1-10-5-6-11(16)8-13(10)18-15-19-14(9-20-15)12-4-2-3-7-17-12/h2-9H,16H2,1H3,(H,18,19). The number of benzene rings is 1. The summed E-state index contributed by atoms with van der Waals surface area (Å²) >= 11 is 1.55. The largest absolute Gasteiger partial charge is 0.399 e. The van der Waals surface area contributed by atoms with Gasteiger partial charge in [-0.1, -0.05) is 12.1 Å². The lowest BCUT2D eigenvalue weighted by Gasteiger charge is -2.07. The Kier molecular flexibility index (Phi) is 3.35. The second kappa shape index (κ2) is 5.30. The second-order valence-corrected chi connectivity index (χ2v) is 5.31. The Morgan fingerprint density at radius 3 is 2.85 bits per heavy atom. The highest BCUT2D eigenvalue weighted by atomic mass is 32.1. The lowest BCUT2D eigenvalue weighted by atomic mass is 10.2. The molecular weight excluding hydrogens is 268 g/mol. The molecule has 3 rings (SSSR count). The topological polar surface area (TPSA) is 63.8 Å². The van der Waals surface area contributed by atoms with Crippen molar-refractivity contribution in [2.45, 2.75) is 6.92 Å². The Morgan fingerprint density at radius 2 is 2.05 bits per heavy atom. The van der Waals surface area contributed by atoms with Crippen LogP contribution in [-0.2, 0) is 0 Å². The molecule has 0 saturated carbocycles. The van der Waals surface area contributed by atoms with E-state index in [1.165, 1.54) is 0 Å². The Morgan fingerprint density at radius 1 is 1.15 bits per heavy atom. The molecule has 0 fully saturated rings. The van der Waals surface area contributed by atoms with E-state index in [1.807, 2.05) is 48.7 Å². The molecule has 0 bridgehead atoms. The van der Waals surface area contributed by atoms with Gasteiger partial charge in [0.1, 0.15) is 5.69 Å². The first-order valence-electron chi connectivity index (χ1n) is 6.22. The number of rotatable bonds is 3. The fraction of sp³-hybridized carbons (Fsp3) is 0.0667. The molecule has 0 spiro atoms. The van der Waals surface area contributed by atoms with E-state index >= 15 is 0 Å². The minimum atomic E-state index is 0.736. The molecule has 20 heavy (non-hydrogen) atoms. The molecule has 2 heterocycles. The van der Waals surface area contributed by atoms with Crippen molar-refractivity contribution in [3.8, 4) is 11.4 Å². The van der Waals surface area contributed by atoms with E-state index in [4.69, 9.17) is 5.73 Å². The van der Waals surface area contributed by atoms with E-state index in [9.17, 15) is 0 Å². The van der Waals surface area contributed by atoms with Crippen LogP contribution >= 0.6 is 11.3 Å². The van der Waals surface area contributed by atoms with Gasteiger partial charge in [-0.3, -0.25) is 4.98 Å². The van der Waals surface area contributed by atoms with E-state index in [-0.39, 0.29) is 0 Å². The van der Waals surface area contributed by atoms with Crippen LogP contribution in [0.3, 0.4) is 0 Å². The first-order valence-corrected chi connectivity index (χ1v) is 7.10. The third-order valence-electron chi connectivity index (χ3n) is 2.93. The molecule has 3 N–H and O–H groups in total. The maximum Gasteiger partial charge on any atom is 0.187 e. The van der Waals surface area contributed by atoms with Crippen molar-refractivity contribution < 1.29 is 0 Å². The lowest BCUT2D eigenvalue weighted by molar-refractivity contribution is 1.28. The lowest BCUT2D eigenvalue weighted by Crippen LogP contribution is -1.95. The van der Waals surface area contributed by atoms with Crippen molar-refractivity contribution >= 4 is 27.8 Å². The summed E-state index contributed by atoms with van der Waals surface area (Å²) in [5, 5.41) is 6.13. The van der Waals surface area contributed by atoms with Gasteiger partial charge in [0.05, 0.1) is 5.69 Å². The number of anilines is 3. The van der Waals surface area contributed by atoms with Crippen LogP contribution in [0, 0.1) is 6.92 Å². The van der Waals surface area contributed by atoms with Gasteiger partial charge in [-0.2, -0.15) is 0 Å². The van der Waals surface area contributed by atoms with Gasteiger partial charge in [-0.15, -0.1) is 11.3 Å². The van der Waals surface area contributed by atoms with E-state index in [0.29, 0.717) is 0 Å². The molecule has 0 atom stereocenters. The first-order chi connectivity index (χ1) is 9.72. The van der Waals surface area contributed by atoms with E-state index in [0.717, 1.165) is 33.5 Å². The number of nitrogens with one attached hydrogen (secondary N) is 1. The normalized spacial score (nSPS) is 10.4. The average Bonchev–Trinajstić information content (AvgIpc) is 2.92. The third-order valence-corrected chi connectivity index (χ3v) is 3.69. The van der Waals surface area contributed by atoms with Crippen LogP contribution in [0.4, 0.5) is 16.5 Å². The molecule has 0 saturated heterocycles. The van der Waals surface area contributed by atoms with Gasteiger partial charge in [0.15, 0.2) is 5.13 Å². The van der Waals surface area contributed by atoms with Crippen LogP contribution < -0.4 is 11.1 Å². The maximum absolute atomic E-state index is 5.81. The quantitative estimate of drug-likeness (QED) is 0.716. The molecule has 0 aliphatic heterocycles. The van der Waals surface area contributed by atoms with Crippen molar-refractivity contribution in [1.82, 2.24) is 9.97 Å². The summed E-state index contributed by atoms with van der Waals surface area (Å²) in [6, 6.07) is 11.6. The summed E-state index contributed by atoms with van der Waals surface area (Å²) in [5.74, 6) is 0. The molecule has 1 aromatic carbocycles. The molecule has 0 aliphatic carbocycles. The zero-order valence-electron chi connectivity index (χ0n) is 11.0. The number of aryl methyl sites for hydroxylation is 1. The molecule has 0 amide bonds. The van der Waals surface area contributed by atoms with Crippen molar-refractivity contribution in [3.63, 3.8) is 0 Å². The Bertz CT molecular complexity index is 722. The predicted octanol–water partition coefficient (Wildman–Crippen LogP) is 3.84. The summed E-state index contributed by atoms with van der Waals surface area (Å²) < 4.78 is 0. The van der Waals surface area contributed by atoms with Crippen LogP contribution in [0.5, 0.6) is 0 Å². The van der Waals surface area contributed by atoms with Gasteiger partial charge in [0.2, 0.25) is 0 Å². The highest BCUT2D eigenvalue weighted by molar-refractivity contribution is 7.14. The van der Waals surface area contributed by atoms with Crippen molar-refractivity contribution in [2.75, 3.05) is 11.1 Å². The summed E-state index contributed by atoms with van der Waals surface area (Å²) in [6.07, 6.45) is 1.77. The van der Waals surface area contributed by atoms with Crippen molar-refractivity contribution in [3.05, 3.63) is 53.5 Å². The average molecular weight is 282 g/mol. The van der Waals surface area contributed by atoms with Gasteiger partial charge in [-0.25, -0.2) is 4.98 Å². The number of nitrogens with two attached hydrogens (primary N) is 1.